The normalized spacial score (nSPS) is 21.5. The Morgan fingerprint density at radius 1 is 1.00 bits per heavy atom. The summed E-state index contributed by atoms with van der Waals surface area (Å²) >= 11 is 0. The van der Waals surface area contributed by atoms with Crippen LogP contribution in [-0.2, 0) is 19.1 Å². The van der Waals surface area contributed by atoms with E-state index in [0.717, 1.165) is 25.7 Å². The van der Waals surface area contributed by atoms with E-state index < -0.39 is 6.04 Å². The Morgan fingerprint density at radius 3 is 2.19 bits per heavy atom. The van der Waals surface area contributed by atoms with E-state index in [9.17, 15) is 9.59 Å². The Bertz CT molecular complexity index is 599. The van der Waals surface area contributed by atoms with Gasteiger partial charge in [-0.2, -0.15) is 0 Å². The minimum absolute atomic E-state index is 0. The van der Waals surface area contributed by atoms with Gasteiger partial charge in [-0.3, -0.25) is 9.59 Å². The second kappa shape index (κ2) is 9.87. The van der Waals surface area contributed by atoms with Crippen LogP contribution in [0.5, 0.6) is 0 Å². The van der Waals surface area contributed by atoms with Crippen molar-refractivity contribution in [2.24, 2.45) is 11.7 Å². The lowest BCUT2D eigenvalue weighted by atomic mass is 9.92. The average Bonchev–Trinajstić information content (AvgIpc) is 3.18. The number of benzene rings is 1. The molecular weight excluding hydrogens is 358 g/mol. The molecule has 2 unspecified atom stereocenters. The first-order chi connectivity index (χ1) is 12.1. The number of ether oxygens (including phenoxy) is 2. The lowest BCUT2D eigenvalue weighted by Gasteiger charge is -2.26. The molecule has 0 radical (unpaired) electrons. The highest BCUT2D eigenvalue weighted by atomic mass is 35.5. The van der Waals surface area contributed by atoms with Gasteiger partial charge < -0.3 is 25.8 Å². The van der Waals surface area contributed by atoms with E-state index in [2.05, 4.69) is 10.6 Å². The Balaban J connectivity index is 0.00000243. The van der Waals surface area contributed by atoms with Crippen LogP contribution in [0.15, 0.2) is 24.3 Å². The van der Waals surface area contributed by atoms with Crippen LogP contribution in [0, 0.1) is 5.92 Å². The van der Waals surface area contributed by atoms with Crippen LogP contribution in [0.25, 0.3) is 0 Å². The van der Waals surface area contributed by atoms with Crippen molar-refractivity contribution in [2.75, 3.05) is 30.5 Å². The maximum Gasteiger partial charge on any atom is 0.253 e. The van der Waals surface area contributed by atoms with Crippen LogP contribution in [0.4, 0.5) is 11.4 Å². The number of nitrogens with one attached hydrogen (secondary N) is 2. The number of rotatable bonds is 5. The molecule has 2 amide bonds. The minimum atomic E-state index is -0.539. The zero-order valence-corrected chi connectivity index (χ0v) is 15.4. The highest BCUT2D eigenvalue weighted by molar-refractivity contribution is 5.96. The van der Waals surface area contributed by atoms with Gasteiger partial charge in [0, 0.05) is 31.2 Å². The van der Waals surface area contributed by atoms with Crippen LogP contribution in [-0.4, -0.2) is 43.8 Å². The summed E-state index contributed by atoms with van der Waals surface area (Å²) < 4.78 is 10.7. The molecule has 144 valence electrons. The van der Waals surface area contributed by atoms with Gasteiger partial charge in [0.25, 0.3) is 5.91 Å². The van der Waals surface area contributed by atoms with Crippen molar-refractivity contribution in [3.05, 3.63) is 24.3 Å². The number of nitrogens with two attached hydrogens (primary N) is 1. The topological polar surface area (TPSA) is 103 Å². The van der Waals surface area contributed by atoms with Gasteiger partial charge in [0.2, 0.25) is 5.91 Å². The molecule has 2 atom stereocenters. The second-order valence-electron chi connectivity index (χ2n) is 6.53. The molecule has 2 heterocycles. The molecule has 0 spiro atoms. The highest BCUT2D eigenvalue weighted by Crippen LogP contribution is 2.20. The predicted molar refractivity (Wildman–Crippen MR) is 101 cm³/mol. The summed E-state index contributed by atoms with van der Waals surface area (Å²) in [6.45, 7) is 1.95. The molecule has 7 nitrogen and oxygen atoms in total. The van der Waals surface area contributed by atoms with Crippen molar-refractivity contribution in [1.82, 2.24) is 0 Å². The largest absolute Gasteiger partial charge is 0.381 e. The predicted octanol–water partition coefficient (Wildman–Crippen LogP) is 1.92. The molecule has 0 aromatic heterocycles. The van der Waals surface area contributed by atoms with Crippen LogP contribution >= 0.6 is 12.4 Å². The van der Waals surface area contributed by atoms with Gasteiger partial charge in [0.15, 0.2) is 0 Å². The molecule has 3 rings (SSSR count). The van der Waals surface area contributed by atoms with E-state index in [1.807, 2.05) is 0 Å². The van der Waals surface area contributed by atoms with Crippen LogP contribution in [0.2, 0.25) is 0 Å². The van der Waals surface area contributed by atoms with Gasteiger partial charge in [0.05, 0.1) is 6.04 Å². The molecule has 8 heteroatoms. The summed E-state index contributed by atoms with van der Waals surface area (Å²) in [4.78, 5) is 24.3. The van der Waals surface area contributed by atoms with E-state index in [1.54, 1.807) is 24.3 Å². The summed E-state index contributed by atoms with van der Waals surface area (Å²) in [7, 11) is 0. The Labute approximate surface area is 159 Å². The maximum absolute atomic E-state index is 12.3. The van der Waals surface area contributed by atoms with Crippen molar-refractivity contribution in [1.29, 1.82) is 0 Å². The average molecular weight is 384 g/mol. The Hall–Kier alpha value is -1.67. The van der Waals surface area contributed by atoms with Gasteiger partial charge >= 0.3 is 0 Å². The first-order valence-electron chi connectivity index (χ1n) is 8.80. The standard InChI is InChI=1S/C18H25N3O4.ClH/c19-16(12-7-10-24-11-8-12)18(23)21-14-5-3-13(4-6-14)20-17(22)15-2-1-9-25-15;/h3-6,12,15-16H,1-2,7-11,19H2,(H,20,22)(H,21,23);1H. The van der Waals surface area contributed by atoms with E-state index in [4.69, 9.17) is 15.2 Å². The molecular formula is C18H26ClN3O4. The summed E-state index contributed by atoms with van der Waals surface area (Å²) in [5.74, 6) is -0.169. The van der Waals surface area contributed by atoms with Crippen molar-refractivity contribution < 1.29 is 19.1 Å². The van der Waals surface area contributed by atoms with Crippen LogP contribution in [0.1, 0.15) is 25.7 Å². The van der Waals surface area contributed by atoms with Crippen molar-refractivity contribution in [2.45, 2.75) is 37.8 Å². The highest BCUT2D eigenvalue weighted by Gasteiger charge is 2.26. The van der Waals surface area contributed by atoms with Gasteiger partial charge in [-0.25, -0.2) is 0 Å². The monoisotopic (exact) mass is 383 g/mol. The molecule has 0 saturated carbocycles. The van der Waals surface area contributed by atoms with Crippen molar-refractivity contribution in [3.8, 4) is 0 Å². The molecule has 26 heavy (non-hydrogen) atoms. The van der Waals surface area contributed by atoms with Gasteiger partial charge in [-0.05, 0) is 55.9 Å². The molecule has 0 bridgehead atoms. The molecule has 2 saturated heterocycles. The van der Waals surface area contributed by atoms with Crippen LogP contribution < -0.4 is 16.4 Å². The molecule has 1 aromatic rings. The number of carbonyl (C=O) groups excluding carboxylic acids is 2. The number of amides is 2. The third kappa shape index (κ3) is 5.41. The fourth-order valence-corrected chi connectivity index (χ4v) is 3.16. The zero-order valence-electron chi connectivity index (χ0n) is 14.6. The third-order valence-electron chi connectivity index (χ3n) is 4.72. The summed E-state index contributed by atoms with van der Waals surface area (Å²) in [5.41, 5.74) is 7.40. The van der Waals surface area contributed by atoms with Crippen molar-refractivity contribution in [3.63, 3.8) is 0 Å². The smallest absolute Gasteiger partial charge is 0.253 e. The Morgan fingerprint density at radius 2 is 1.62 bits per heavy atom. The SMILES string of the molecule is Cl.NC(C(=O)Nc1ccc(NC(=O)C2CCCO2)cc1)C1CCOCC1. The molecule has 4 N–H and O–H groups in total. The third-order valence-corrected chi connectivity index (χ3v) is 4.72. The molecule has 2 aliphatic heterocycles. The Kier molecular flexibility index (Phi) is 7.84. The number of carbonyl (C=O) groups is 2. The first-order valence-corrected chi connectivity index (χ1v) is 8.80. The fraction of sp³-hybridized carbons (Fsp3) is 0.556. The number of hydrogen-bond donors (Lipinski definition) is 3. The molecule has 0 aliphatic carbocycles. The van der Waals surface area contributed by atoms with Gasteiger partial charge in [-0.15, -0.1) is 12.4 Å². The summed E-state index contributed by atoms with van der Waals surface area (Å²) in [6, 6.07) is 6.47. The lowest BCUT2D eigenvalue weighted by molar-refractivity contribution is -0.124. The van der Waals surface area contributed by atoms with E-state index >= 15 is 0 Å². The molecule has 2 fully saturated rings. The maximum atomic E-state index is 12.3. The summed E-state index contributed by atoms with van der Waals surface area (Å²) in [6.07, 6.45) is 2.92. The minimum Gasteiger partial charge on any atom is -0.381 e. The summed E-state index contributed by atoms with van der Waals surface area (Å²) in [5, 5.41) is 5.66. The van der Waals surface area contributed by atoms with Crippen LogP contribution in [0.3, 0.4) is 0 Å². The van der Waals surface area contributed by atoms with Crippen molar-refractivity contribution >= 4 is 35.6 Å². The van der Waals surface area contributed by atoms with E-state index in [1.165, 1.54) is 0 Å². The fourth-order valence-electron chi connectivity index (χ4n) is 3.16. The number of anilines is 2. The van der Waals surface area contributed by atoms with E-state index in [-0.39, 0.29) is 36.2 Å². The lowest BCUT2D eigenvalue weighted by Crippen LogP contribution is -2.43. The van der Waals surface area contributed by atoms with Gasteiger partial charge in [0.1, 0.15) is 6.10 Å². The number of hydrogen-bond acceptors (Lipinski definition) is 5. The molecule has 2 aliphatic rings. The quantitative estimate of drug-likeness (QED) is 0.720. The second-order valence-corrected chi connectivity index (χ2v) is 6.53. The van der Waals surface area contributed by atoms with E-state index in [0.29, 0.717) is 31.2 Å². The number of halogens is 1. The first kappa shape index (κ1) is 20.6. The molecule has 1 aromatic carbocycles. The zero-order chi connectivity index (χ0) is 17.6. The van der Waals surface area contributed by atoms with Gasteiger partial charge in [-0.1, -0.05) is 0 Å².